The number of aryl methyl sites for hydroxylation is 1. The van der Waals surface area contributed by atoms with Crippen LogP contribution in [-0.4, -0.2) is 14.9 Å². The Balaban J connectivity index is 1.38. The van der Waals surface area contributed by atoms with Crippen LogP contribution in [0.4, 0.5) is 0 Å². The number of nitrogens with zero attached hydrogens (tertiary/aromatic N) is 2. The zero-order valence-electron chi connectivity index (χ0n) is 16.1. The third kappa shape index (κ3) is 4.73. The van der Waals surface area contributed by atoms with Crippen LogP contribution in [0, 0.1) is 11.7 Å². The molecule has 3 aromatic carbocycles. The van der Waals surface area contributed by atoms with Crippen molar-refractivity contribution in [3.8, 4) is 17.1 Å². The average Bonchev–Trinajstić information content (AvgIpc) is 3.13. The highest BCUT2D eigenvalue weighted by atomic mass is 32.1. The predicted octanol–water partition coefficient (Wildman–Crippen LogP) is 5.24. The van der Waals surface area contributed by atoms with Crippen molar-refractivity contribution in [3.63, 3.8) is 0 Å². The number of H-pyrrole nitrogens is 1. The molecule has 0 aliphatic heterocycles. The van der Waals surface area contributed by atoms with Crippen molar-refractivity contribution in [3.05, 3.63) is 100 Å². The topological polar surface area (TPSA) is 54.9 Å². The number of aromatic nitrogens is 3. The van der Waals surface area contributed by atoms with Gasteiger partial charge in [0.1, 0.15) is 12.4 Å². The SMILES string of the molecule is Cc1ccc(COc2ccc(CNn3c(-c4ccccc4)n[nH]c3=S)cc2)cc1. The molecule has 0 radical (unpaired) electrons. The third-order valence-electron chi connectivity index (χ3n) is 4.60. The van der Waals surface area contributed by atoms with Gasteiger partial charge in [0.2, 0.25) is 4.77 Å². The van der Waals surface area contributed by atoms with Gasteiger partial charge in [0.25, 0.3) is 0 Å². The van der Waals surface area contributed by atoms with E-state index in [2.05, 4.69) is 46.8 Å². The second-order valence-corrected chi connectivity index (χ2v) is 7.19. The molecule has 0 bridgehead atoms. The molecule has 1 aromatic heterocycles. The van der Waals surface area contributed by atoms with Crippen molar-refractivity contribution < 1.29 is 4.74 Å². The van der Waals surface area contributed by atoms with E-state index >= 15 is 0 Å². The summed E-state index contributed by atoms with van der Waals surface area (Å²) < 4.78 is 8.20. The molecular formula is C23H22N4OS. The van der Waals surface area contributed by atoms with Crippen LogP contribution in [0.25, 0.3) is 11.4 Å². The molecular weight excluding hydrogens is 380 g/mol. The zero-order chi connectivity index (χ0) is 20.1. The van der Waals surface area contributed by atoms with Gasteiger partial charge in [-0.05, 0) is 42.4 Å². The lowest BCUT2D eigenvalue weighted by Gasteiger charge is -2.11. The van der Waals surface area contributed by atoms with Crippen molar-refractivity contribution in [2.45, 2.75) is 20.1 Å². The van der Waals surface area contributed by atoms with Gasteiger partial charge < -0.3 is 10.2 Å². The molecule has 0 atom stereocenters. The Bertz CT molecular complexity index is 1120. The summed E-state index contributed by atoms with van der Waals surface area (Å²) in [6.45, 7) is 3.26. The molecule has 0 saturated carbocycles. The minimum atomic E-state index is 0.530. The van der Waals surface area contributed by atoms with Crippen molar-refractivity contribution in [2.75, 3.05) is 5.43 Å². The second kappa shape index (κ2) is 8.75. The quantitative estimate of drug-likeness (QED) is 0.415. The minimum absolute atomic E-state index is 0.530. The number of ether oxygens (including phenoxy) is 1. The van der Waals surface area contributed by atoms with Gasteiger partial charge in [-0.25, -0.2) is 9.77 Å². The van der Waals surface area contributed by atoms with E-state index in [9.17, 15) is 0 Å². The highest BCUT2D eigenvalue weighted by Crippen LogP contribution is 2.17. The number of nitrogens with one attached hydrogen (secondary N) is 2. The lowest BCUT2D eigenvalue weighted by atomic mass is 10.2. The van der Waals surface area contributed by atoms with Crippen LogP contribution in [0.5, 0.6) is 5.75 Å². The number of hydrogen-bond donors (Lipinski definition) is 2. The zero-order valence-corrected chi connectivity index (χ0v) is 16.9. The van der Waals surface area contributed by atoms with Crippen LogP contribution in [-0.2, 0) is 13.2 Å². The Morgan fingerprint density at radius 1 is 0.931 bits per heavy atom. The lowest BCUT2D eigenvalue weighted by molar-refractivity contribution is 0.306. The fourth-order valence-corrected chi connectivity index (χ4v) is 3.15. The number of rotatable bonds is 7. The van der Waals surface area contributed by atoms with E-state index in [-0.39, 0.29) is 0 Å². The molecule has 4 rings (SSSR count). The van der Waals surface area contributed by atoms with Crippen molar-refractivity contribution in [2.24, 2.45) is 0 Å². The molecule has 2 N–H and O–H groups in total. The first-order valence-electron chi connectivity index (χ1n) is 9.43. The molecule has 5 nitrogen and oxygen atoms in total. The fraction of sp³-hybridized carbons (Fsp3) is 0.130. The summed E-state index contributed by atoms with van der Waals surface area (Å²) in [5.41, 5.74) is 7.86. The second-order valence-electron chi connectivity index (χ2n) is 6.81. The normalized spacial score (nSPS) is 10.7. The van der Waals surface area contributed by atoms with E-state index in [1.165, 1.54) is 5.56 Å². The molecule has 0 unspecified atom stereocenters. The Labute approximate surface area is 175 Å². The summed E-state index contributed by atoms with van der Waals surface area (Å²) >= 11 is 5.36. The summed E-state index contributed by atoms with van der Waals surface area (Å²) in [5, 5.41) is 7.18. The van der Waals surface area contributed by atoms with Crippen LogP contribution in [0.15, 0.2) is 78.9 Å². The predicted molar refractivity (Wildman–Crippen MR) is 118 cm³/mol. The van der Waals surface area contributed by atoms with Gasteiger partial charge in [0.05, 0.1) is 6.54 Å². The van der Waals surface area contributed by atoms with Gasteiger partial charge in [0.15, 0.2) is 5.82 Å². The monoisotopic (exact) mass is 402 g/mol. The molecule has 0 saturated heterocycles. The van der Waals surface area contributed by atoms with E-state index < -0.39 is 0 Å². The van der Waals surface area contributed by atoms with Crippen molar-refractivity contribution in [1.29, 1.82) is 0 Å². The minimum Gasteiger partial charge on any atom is -0.489 e. The maximum atomic E-state index is 5.88. The van der Waals surface area contributed by atoms with E-state index in [1.807, 2.05) is 54.6 Å². The summed E-state index contributed by atoms with van der Waals surface area (Å²) in [6, 6.07) is 26.4. The first-order valence-corrected chi connectivity index (χ1v) is 9.84. The van der Waals surface area contributed by atoms with Gasteiger partial charge in [-0.2, -0.15) is 5.10 Å². The van der Waals surface area contributed by atoms with E-state index in [0.717, 1.165) is 28.3 Å². The van der Waals surface area contributed by atoms with Gasteiger partial charge >= 0.3 is 0 Å². The molecule has 0 fully saturated rings. The maximum absolute atomic E-state index is 5.88. The molecule has 0 aliphatic rings. The van der Waals surface area contributed by atoms with Gasteiger partial charge in [-0.1, -0.05) is 72.3 Å². The molecule has 0 amide bonds. The summed E-state index contributed by atoms with van der Waals surface area (Å²) in [7, 11) is 0. The molecule has 146 valence electrons. The van der Waals surface area contributed by atoms with Gasteiger partial charge in [-0.3, -0.25) is 0 Å². The van der Waals surface area contributed by atoms with Crippen LogP contribution >= 0.6 is 12.2 Å². The highest BCUT2D eigenvalue weighted by molar-refractivity contribution is 7.71. The highest BCUT2D eigenvalue weighted by Gasteiger charge is 2.08. The van der Waals surface area contributed by atoms with Crippen LogP contribution in [0.1, 0.15) is 16.7 Å². The number of benzene rings is 3. The molecule has 0 aliphatic carbocycles. The summed E-state index contributed by atoms with van der Waals surface area (Å²) in [5.74, 6) is 1.60. The number of aromatic amines is 1. The largest absolute Gasteiger partial charge is 0.489 e. The Hall–Kier alpha value is -3.38. The Morgan fingerprint density at radius 3 is 2.34 bits per heavy atom. The molecule has 6 heteroatoms. The van der Waals surface area contributed by atoms with Gasteiger partial charge in [0, 0.05) is 5.56 Å². The number of hydrogen-bond acceptors (Lipinski definition) is 4. The van der Waals surface area contributed by atoms with Crippen LogP contribution in [0.3, 0.4) is 0 Å². The van der Waals surface area contributed by atoms with Crippen LogP contribution in [0.2, 0.25) is 0 Å². The molecule has 0 spiro atoms. The summed E-state index contributed by atoms with van der Waals surface area (Å²) in [6.07, 6.45) is 0. The maximum Gasteiger partial charge on any atom is 0.214 e. The first-order chi connectivity index (χ1) is 14.2. The van der Waals surface area contributed by atoms with Crippen LogP contribution < -0.4 is 10.2 Å². The molecule has 29 heavy (non-hydrogen) atoms. The standard InChI is InChI=1S/C23H22N4OS/c1-17-7-9-19(10-8-17)16-28-21-13-11-18(12-14-21)15-24-27-22(25-26-23(27)29)20-5-3-2-4-6-20/h2-14,24H,15-16H2,1H3,(H,26,29). The first kappa shape index (κ1) is 19.0. The van der Waals surface area contributed by atoms with Crippen molar-refractivity contribution >= 4 is 12.2 Å². The van der Waals surface area contributed by atoms with Gasteiger partial charge in [-0.15, -0.1) is 0 Å². The van der Waals surface area contributed by atoms with E-state index in [4.69, 9.17) is 17.0 Å². The fourth-order valence-electron chi connectivity index (χ4n) is 2.95. The third-order valence-corrected chi connectivity index (χ3v) is 4.87. The van der Waals surface area contributed by atoms with E-state index in [0.29, 0.717) is 17.9 Å². The molecule has 1 heterocycles. The Morgan fingerprint density at radius 2 is 1.62 bits per heavy atom. The Kier molecular flexibility index (Phi) is 5.72. The van der Waals surface area contributed by atoms with Crippen molar-refractivity contribution in [1.82, 2.24) is 14.9 Å². The van der Waals surface area contributed by atoms with E-state index in [1.54, 1.807) is 4.68 Å². The average molecular weight is 403 g/mol. The smallest absolute Gasteiger partial charge is 0.214 e. The lowest BCUT2D eigenvalue weighted by Crippen LogP contribution is -2.15. The summed E-state index contributed by atoms with van der Waals surface area (Å²) in [4.78, 5) is 0. The molecule has 4 aromatic rings.